The van der Waals surface area contributed by atoms with Crippen molar-refractivity contribution in [1.29, 1.82) is 0 Å². The van der Waals surface area contributed by atoms with E-state index < -0.39 is 11.2 Å². The van der Waals surface area contributed by atoms with Crippen LogP contribution < -0.4 is 0 Å². The van der Waals surface area contributed by atoms with E-state index in [-0.39, 0.29) is 5.92 Å². The highest BCUT2D eigenvalue weighted by atomic mass is 16.3. The van der Waals surface area contributed by atoms with E-state index >= 15 is 0 Å². The normalized spacial score (nSPS) is 28.2. The molecule has 0 saturated carbocycles. The molecule has 0 aliphatic carbocycles. The van der Waals surface area contributed by atoms with E-state index in [0.29, 0.717) is 6.54 Å². The fourth-order valence-electron chi connectivity index (χ4n) is 4.05. The van der Waals surface area contributed by atoms with E-state index in [2.05, 4.69) is 16.7 Å². The molecule has 2 N–H and O–H groups in total. The van der Waals surface area contributed by atoms with Gasteiger partial charge in [0.05, 0.1) is 0 Å². The van der Waals surface area contributed by atoms with Gasteiger partial charge < -0.3 is 10.2 Å². The Morgan fingerprint density at radius 2 is 1.44 bits per heavy atom. The van der Waals surface area contributed by atoms with Crippen LogP contribution >= 0.6 is 0 Å². The van der Waals surface area contributed by atoms with Crippen molar-refractivity contribution in [2.24, 2.45) is 5.92 Å². The van der Waals surface area contributed by atoms with Crippen molar-refractivity contribution >= 4 is 0 Å². The standard InChI is InChI=1S/C22H23NO2/c24-21(17-23-15-11-18(21)12-16-23)13-14-22(25,19-7-3-1-4-8-19)20-9-5-2-6-10-20/h1-10,18,24-25H,11-12,15-17H2. The first-order valence-corrected chi connectivity index (χ1v) is 8.93. The van der Waals surface area contributed by atoms with Gasteiger partial charge in [-0.15, -0.1) is 0 Å². The first kappa shape index (κ1) is 16.4. The number of hydrogen-bond acceptors (Lipinski definition) is 3. The van der Waals surface area contributed by atoms with Crippen LogP contribution in [0.3, 0.4) is 0 Å². The van der Waals surface area contributed by atoms with E-state index in [1.54, 1.807) is 0 Å². The minimum absolute atomic E-state index is 0.195. The van der Waals surface area contributed by atoms with Gasteiger partial charge in [-0.3, -0.25) is 4.90 Å². The van der Waals surface area contributed by atoms with Gasteiger partial charge >= 0.3 is 0 Å². The van der Waals surface area contributed by atoms with E-state index in [1.165, 1.54) is 0 Å². The van der Waals surface area contributed by atoms with Gasteiger partial charge in [-0.25, -0.2) is 0 Å². The van der Waals surface area contributed by atoms with Gasteiger partial charge in [-0.05, 0) is 25.9 Å². The van der Waals surface area contributed by atoms with Crippen LogP contribution in [0.5, 0.6) is 0 Å². The third-order valence-electron chi connectivity index (χ3n) is 5.57. The quantitative estimate of drug-likeness (QED) is 0.830. The molecule has 0 spiro atoms. The second-order valence-corrected chi connectivity index (χ2v) is 7.17. The maximum atomic E-state index is 11.5. The minimum atomic E-state index is -1.43. The zero-order valence-corrected chi connectivity index (χ0v) is 14.2. The molecule has 3 aliphatic rings. The Morgan fingerprint density at radius 3 is 1.88 bits per heavy atom. The molecule has 3 nitrogen and oxygen atoms in total. The lowest BCUT2D eigenvalue weighted by molar-refractivity contribution is -0.0716. The molecule has 3 heterocycles. The van der Waals surface area contributed by atoms with Crippen LogP contribution in [-0.2, 0) is 5.60 Å². The molecule has 0 amide bonds. The summed E-state index contributed by atoms with van der Waals surface area (Å²) in [6.45, 7) is 2.65. The molecule has 5 rings (SSSR count). The predicted molar refractivity (Wildman–Crippen MR) is 97.8 cm³/mol. The fourth-order valence-corrected chi connectivity index (χ4v) is 4.05. The molecule has 128 valence electrons. The number of piperidine rings is 3. The molecule has 1 atom stereocenters. The molecular weight excluding hydrogens is 310 g/mol. The average Bonchev–Trinajstić information content (AvgIpc) is 2.68. The second kappa shape index (κ2) is 6.31. The Morgan fingerprint density at radius 1 is 0.920 bits per heavy atom. The number of fused-ring (bicyclic) bond motifs is 3. The van der Waals surface area contributed by atoms with Crippen molar-refractivity contribution in [1.82, 2.24) is 4.90 Å². The Labute approximate surface area is 148 Å². The second-order valence-electron chi connectivity index (χ2n) is 7.17. The van der Waals surface area contributed by atoms with Crippen LogP contribution in [-0.4, -0.2) is 40.3 Å². The highest BCUT2D eigenvalue weighted by Crippen LogP contribution is 2.36. The summed E-state index contributed by atoms with van der Waals surface area (Å²) in [5.74, 6) is 6.33. The van der Waals surface area contributed by atoms with Crippen LogP contribution in [0.15, 0.2) is 60.7 Å². The van der Waals surface area contributed by atoms with Crippen molar-refractivity contribution in [3.05, 3.63) is 71.8 Å². The number of rotatable bonds is 2. The van der Waals surface area contributed by atoms with Crippen LogP contribution in [0.4, 0.5) is 0 Å². The largest absolute Gasteiger partial charge is 0.376 e. The molecule has 0 aromatic heterocycles. The molecule has 3 fully saturated rings. The summed E-state index contributed by atoms with van der Waals surface area (Å²) < 4.78 is 0. The van der Waals surface area contributed by atoms with Crippen molar-refractivity contribution in [2.45, 2.75) is 24.0 Å². The minimum Gasteiger partial charge on any atom is -0.376 e. The van der Waals surface area contributed by atoms with Crippen molar-refractivity contribution in [3.8, 4) is 11.8 Å². The van der Waals surface area contributed by atoms with Gasteiger partial charge in [0.15, 0.2) is 5.60 Å². The van der Waals surface area contributed by atoms with Crippen LogP contribution in [0.1, 0.15) is 24.0 Å². The maximum Gasteiger partial charge on any atom is 0.176 e. The first-order chi connectivity index (χ1) is 12.1. The highest BCUT2D eigenvalue weighted by Gasteiger charge is 2.44. The van der Waals surface area contributed by atoms with Gasteiger partial charge in [-0.1, -0.05) is 72.5 Å². The topological polar surface area (TPSA) is 43.7 Å². The SMILES string of the molecule is OC(C#CC1(O)CN2CCC1CC2)(c1ccccc1)c1ccccc1. The number of hydrogen-bond donors (Lipinski definition) is 2. The summed E-state index contributed by atoms with van der Waals surface area (Å²) >= 11 is 0. The molecule has 3 aliphatic heterocycles. The third-order valence-corrected chi connectivity index (χ3v) is 5.57. The summed E-state index contributed by atoms with van der Waals surface area (Å²) in [7, 11) is 0. The molecule has 0 radical (unpaired) electrons. The van der Waals surface area contributed by atoms with E-state index in [0.717, 1.165) is 37.1 Å². The number of aliphatic hydroxyl groups is 2. The summed E-state index contributed by atoms with van der Waals surface area (Å²) in [4.78, 5) is 2.26. The Hall–Kier alpha value is -2.12. The Bertz CT molecular complexity index is 746. The van der Waals surface area contributed by atoms with Gasteiger partial charge in [0.1, 0.15) is 5.60 Å². The lowest BCUT2D eigenvalue weighted by atomic mass is 9.75. The summed E-state index contributed by atoms with van der Waals surface area (Å²) in [5, 5.41) is 22.6. The van der Waals surface area contributed by atoms with Crippen LogP contribution in [0, 0.1) is 17.8 Å². The summed E-state index contributed by atoms with van der Waals surface area (Å²) in [6.07, 6.45) is 1.95. The smallest absolute Gasteiger partial charge is 0.176 e. The lowest BCUT2D eigenvalue weighted by Crippen LogP contribution is -2.58. The molecule has 3 heteroatoms. The van der Waals surface area contributed by atoms with E-state index in [9.17, 15) is 10.2 Å². The summed E-state index contributed by atoms with van der Waals surface area (Å²) in [6, 6.07) is 18.9. The zero-order valence-electron chi connectivity index (χ0n) is 14.2. The van der Waals surface area contributed by atoms with Gasteiger partial charge in [0.2, 0.25) is 0 Å². The molecule has 1 unspecified atom stereocenters. The Kier molecular flexibility index (Phi) is 4.13. The monoisotopic (exact) mass is 333 g/mol. The molecular formula is C22H23NO2. The molecule has 2 aromatic rings. The van der Waals surface area contributed by atoms with E-state index in [1.807, 2.05) is 60.7 Å². The molecule has 3 saturated heterocycles. The lowest BCUT2D eigenvalue weighted by Gasteiger charge is -2.48. The number of nitrogens with zero attached hydrogens (tertiary/aromatic N) is 1. The van der Waals surface area contributed by atoms with Crippen LogP contribution in [0.25, 0.3) is 0 Å². The number of benzene rings is 2. The van der Waals surface area contributed by atoms with Crippen molar-refractivity contribution in [3.63, 3.8) is 0 Å². The predicted octanol–water partition coefficient (Wildman–Crippen LogP) is 2.38. The summed E-state index contributed by atoms with van der Waals surface area (Å²) in [5.41, 5.74) is -1.02. The first-order valence-electron chi connectivity index (χ1n) is 8.93. The zero-order chi connectivity index (χ0) is 17.3. The highest BCUT2D eigenvalue weighted by molar-refractivity contribution is 5.45. The van der Waals surface area contributed by atoms with Gasteiger partial charge in [-0.2, -0.15) is 0 Å². The van der Waals surface area contributed by atoms with Crippen molar-refractivity contribution < 1.29 is 10.2 Å². The fraction of sp³-hybridized carbons (Fsp3) is 0.364. The molecule has 25 heavy (non-hydrogen) atoms. The van der Waals surface area contributed by atoms with E-state index in [4.69, 9.17) is 0 Å². The van der Waals surface area contributed by atoms with Crippen molar-refractivity contribution in [2.75, 3.05) is 19.6 Å². The molecule has 2 bridgehead atoms. The van der Waals surface area contributed by atoms with Gasteiger partial charge in [0.25, 0.3) is 0 Å². The Balaban J connectivity index is 1.76. The third kappa shape index (κ3) is 2.98. The average molecular weight is 333 g/mol. The van der Waals surface area contributed by atoms with Gasteiger partial charge in [0, 0.05) is 23.6 Å². The maximum absolute atomic E-state index is 11.5. The molecule has 2 aromatic carbocycles. The van der Waals surface area contributed by atoms with Crippen LogP contribution in [0.2, 0.25) is 0 Å².